The van der Waals surface area contributed by atoms with Gasteiger partial charge in [0, 0.05) is 9.13 Å². The normalized spacial score (nSPS) is 22.6. The minimum atomic E-state index is 0.0734. The maximum atomic E-state index is 4.55. The SMILES string of the molecule is Ic1ccc(C2=N[C@H]3C=NN=C3S2)cc1. The van der Waals surface area contributed by atoms with Gasteiger partial charge in [-0.25, -0.2) is 0 Å². The number of aliphatic imine (C=N–C) groups is 1. The molecule has 0 saturated carbocycles. The molecule has 3 rings (SSSR count). The van der Waals surface area contributed by atoms with Crippen molar-refractivity contribution in [3.8, 4) is 0 Å². The van der Waals surface area contributed by atoms with Crippen LogP contribution in [0.2, 0.25) is 0 Å². The maximum absolute atomic E-state index is 4.55. The summed E-state index contributed by atoms with van der Waals surface area (Å²) in [5.41, 5.74) is 1.16. The highest BCUT2D eigenvalue weighted by Gasteiger charge is 2.27. The van der Waals surface area contributed by atoms with E-state index in [4.69, 9.17) is 0 Å². The first-order chi connectivity index (χ1) is 7.33. The van der Waals surface area contributed by atoms with E-state index in [1.807, 2.05) is 0 Å². The number of thioether (sulfide) groups is 1. The van der Waals surface area contributed by atoms with Crippen molar-refractivity contribution in [1.29, 1.82) is 0 Å². The van der Waals surface area contributed by atoms with Gasteiger partial charge in [-0.3, -0.25) is 4.99 Å². The molecule has 2 heterocycles. The van der Waals surface area contributed by atoms with Crippen molar-refractivity contribution in [3.05, 3.63) is 33.4 Å². The molecule has 15 heavy (non-hydrogen) atoms. The molecule has 0 unspecified atom stereocenters. The summed E-state index contributed by atoms with van der Waals surface area (Å²) in [6.07, 6.45) is 1.78. The molecule has 2 aliphatic heterocycles. The number of benzene rings is 1. The van der Waals surface area contributed by atoms with E-state index < -0.39 is 0 Å². The average Bonchev–Trinajstić information content (AvgIpc) is 2.78. The summed E-state index contributed by atoms with van der Waals surface area (Å²) in [4.78, 5) is 4.55. The number of rotatable bonds is 1. The Balaban J connectivity index is 1.94. The van der Waals surface area contributed by atoms with Crippen molar-refractivity contribution >= 4 is 50.7 Å². The second kappa shape index (κ2) is 3.71. The van der Waals surface area contributed by atoms with Gasteiger partial charge in [-0.05, 0) is 46.5 Å². The Kier molecular flexibility index (Phi) is 2.36. The zero-order valence-electron chi connectivity index (χ0n) is 7.59. The smallest absolute Gasteiger partial charge is 0.138 e. The van der Waals surface area contributed by atoms with Gasteiger partial charge in [-0.2, -0.15) is 5.10 Å². The van der Waals surface area contributed by atoms with Crippen LogP contribution in [0.1, 0.15) is 5.56 Å². The first kappa shape index (κ1) is 9.53. The van der Waals surface area contributed by atoms with Gasteiger partial charge in [0.05, 0.1) is 6.21 Å². The fourth-order valence-electron chi connectivity index (χ4n) is 1.42. The third-order valence-electron chi connectivity index (χ3n) is 2.17. The summed E-state index contributed by atoms with van der Waals surface area (Å²) >= 11 is 3.91. The van der Waals surface area contributed by atoms with E-state index in [2.05, 4.69) is 62.1 Å². The second-order valence-corrected chi connectivity index (χ2v) is 5.45. The van der Waals surface area contributed by atoms with Gasteiger partial charge in [0.25, 0.3) is 0 Å². The zero-order chi connectivity index (χ0) is 10.3. The van der Waals surface area contributed by atoms with Crippen LogP contribution in [0.25, 0.3) is 0 Å². The summed E-state index contributed by atoms with van der Waals surface area (Å²) in [5, 5.41) is 9.90. The Morgan fingerprint density at radius 2 is 2.00 bits per heavy atom. The molecule has 1 aromatic rings. The highest BCUT2D eigenvalue weighted by atomic mass is 127. The van der Waals surface area contributed by atoms with Crippen LogP contribution >= 0.6 is 34.4 Å². The predicted octanol–water partition coefficient (Wildman–Crippen LogP) is 2.55. The molecule has 1 atom stereocenters. The fraction of sp³-hybridized carbons (Fsp3) is 0.100. The van der Waals surface area contributed by atoms with Crippen molar-refractivity contribution < 1.29 is 0 Å². The Morgan fingerprint density at radius 1 is 1.20 bits per heavy atom. The molecule has 2 aliphatic rings. The van der Waals surface area contributed by atoms with Crippen molar-refractivity contribution in [1.82, 2.24) is 0 Å². The molecular formula is C10H6IN3S. The molecule has 3 nitrogen and oxygen atoms in total. The van der Waals surface area contributed by atoms with E-state index in [1.54, 1.807) is 18.0 Å². The minimum absolute atomic E-state index is 0.0734. The molecule has 0 amide bonds. The Morgan fingerprint density at radius 3 is 2.73 bits per heavy atom. The number of halogens is 1. The lowest BCUT2D eigenvalue weighted by Crippen LogP contribution is -2.06. The Labute approximate surface area is 105 Å². The molecule has 0 spiro atoms. The average molecular weight is 327 g/mol. The maximum Gasteiger partial charge on any atom is 0.138 e. The molecule has 0 radical (unpaired) electrons. The summed E-state index contributed by atoms with van der Waals surface area (Å²) in [5.74, 6) is 0. The minimum Gasteiger partial charge on any atom is -0.261 e. The van der Waals surface area contributed by atoms with Crippen molar-refractivity contribution in [3.63, 3.8) is 0 Å². The summed E-state index contributed by atoms with van der Waals surface area (Å²) in [7, 11) is 0. The van der Waals surface area contributed by atoms with Gasteiger partial charge in [0.15, 0.2) is 0 Å². The lowest BCUT2D eigenvalue weighted by molar-refractivity contribution is 1.22. The molecule has 1 aromatic carbocycles. The van der Waals surface area contributed by atoms with E-state index in [0.717, 1.165) is 15.7 Å². The van der Waals surface area contributed by atoms with Crippen molar-refractivity contribution in [2.75, 3.05) is 0 Å². The van der Waals surface area contributed by atoms with Crippen LogP contribution in [0.4, 0.5) is 0 Å². The van der Waals surface area contributed by atoms with Gasteiger partial charge in [0.1, 0.15) is 16.1 Å². The summed E-state index contributed by atoms with van der Waals surface area (Å²) < 4.78 is 1.24. The van der Waals surface area contributed by atoms with Gasteiger partial charge >= 0.3 is 0 Å². The molecule has 0 fully saturated rings. The van der Waals surface area contributed by atoms with Crippen LogP contribution in [0.15, 0.2) is 39.5 Å². The van der Waals surface area contributed by atoms with Crippen LogP contribution in [-0.2, 0) is 0 Å². The molecule has 5 heteroatoms. The van der Waals surface area contributed by atoms with E-state index in [-0.39, 0.29) is 6.04 Å². The number of fused-ring (bicyclic) bond motifs is 1. The number of hydrogen-bond acceptors (Lipinski definition) is 4. The van der Waals surface area contributed by atoms with E-state index >= 15 is 0 Å². The summed E-state index contributed by atoms with van der Waals surface area (Å²) in [6.45, 7) is 0. The van der Waals surface area contributed by atoms with Crippen molar-refractivity contribution in [2.24, 2.45) is 15.2 Å². The van der Waals surface area contributed by atoms with Crippen molar-refractivity contribution in [2.45, 2.75) is 6.04 Å². The molecule has 0 bridgehead atoms. The molecular weight excluding hydrogens is 321 g/mol. The Hall–Kier alpha value is -0.690. The lowest BCUT2D eigenvalue weighted by Gasteiger charge is -1.98. The molecule has 74 valence electrons. The number of hydrogen-bond donors (Lipinski definition) is 0. The zero-order valence-corrected chi connectivity index (χ0v) is 10.6. The van der Waals surface area contributed by atoms with Crippen LogP contribution in [0.3, 0.4) is 0 Å². The molecule has 0 aliphatic carbocycles. The fourth-order valence-corrected chi connectivity index (χ4v) is 2.72. The monoisotopic (exact) mass is 327 g/mol. The van der Waals surface area contributed by atoms with Gasteiger partial charge in [-0.1, -0.05) is 12.1 Å². The quantitative estimate of drug-likeness (QED) is 0.731. The summed E-state index contributed by atoms with van der Waals surface area (Å²) in [6, 6.07) is 8.43. The third-order valence-corrected chi connectivity index (χ3v) is 3.95. The third kappa shape index (κ3) is 1.74. The highest BCUT2D eigenvalue weighted by Crippen LogP contribution is 2.28. The van der Waals surface area contributed by atoms with Crippen LogP contribution < -0.4 is 0 Å². The lowest BCUT2D eigenvalue weighted by atomic mass is 10.2. The highest BCUT2D eigenvalue weighted by molar-refractivity contribution is 14.1. The topological polar surface area (TPSA) is 37.1 Å². The van der Waals surface area contributed by atoms with Crippen LogP contribution in [-0.4, -0.2) is 22.3 Å². The molecule has 0 N–H and O–H groups in total. The van der Waals surface area contributed by atoms with E-state index in [1.165, 1.54) is 3.57 Å². The first-order valence-electron chi connectivity index (χ1n) is 4.45. The second-order valence-electron chi connectivity index (χ2n) is 3.19. The van der Waals surface area contributed by atoms with Gasteiger partial charge < -0.3 is 0 Å². The number of nitrogens with zero attached hydrogens (tertiary/aromatic N) is 3. The largest absolute Gasteiger partial charge is 0.261 e. The first-order valence-corrected chi connectivity index (χ1v) is 6.35. The molecule has 0 aromatic heterocycles. The molecule has 0 saturated heterocycles. The Bertz CT molecular complexity index is 490. The standard InChI is InChI=1S/C10H6IN3S/c11-7-3-1-6(2-4-7)9-13-8-5-12-14-10(8)15-9/h1-5,8H/t8-/m0/s1. The van der Waals surface area contributed by atoms with Crippen LogP contribution in [0.5, 0.6) is 0 Å². The van der Waals surface area contributed by atoms with Gasteiger partial charge in [-0.15, -0.1) is 5.10 Å². The van der Waals surface area contributed by atoms with Crippen LogP contribution in [0, 0.1) is 3.57 Å². The van der Waals surface area contributed by atoms with E-state index in [0.29, 0.717) is 0 Å². The van der Waals surface area contributed by atoms with Gasteiger partial charge in [0.2, 0.25) is 0 Å². The predicted molar refractivity (Wildman–Crippen MR) is 73.0 cm³/mol. The van der Waals surface area contributed by atoms with E-state index in [9.17, 15) is 0 Å².